The van der Waals surface area contributed by atoms with E-state index >= 15 is 0 Å². The van der Waals surface area contributed by atoms with Crippen molar-refractivity contribution in [2.24, 2.45) is 5.73 Å². The number of nitrogens with one attached hydrogen (secondary N) is 2. The van der Waals surface area contributed by atoms with Gasteiger partial charge in [0, 0.05) is 18.9 Å². The van der Waals surface area contributed by atoms with Crippen molar-refractivity contribution in [1.82, 2.24) is 20.8 Å². The fourth-order valence-electron chi connectivity index (χ4n) is 2.67. The number of carbonyl (C=O) groups excluding carboxylic acids is 1. The fourth-order valence-corrected chi connectivity index (χ4v) is 2.67. The Morgan fingerprint density at radius 2 is 2.00 bits per heavy atom. The first-order valence-electron chi connectivity index (χ1n) is 8.63. The van der Waals surface area contributed by atoms with Gasteiger partial charge in [0.05, 0.1) is 6.61 Å². The number of ether oxygens (including phenoxy) is 1. The van der Waals surface area contributed by atoms with Crippen molar-refractivity contribution >= 4 is 18.0 Å². The number of hydrogen-bond donors (Lipinski definition) is 6. The Bertz CT molecular complexity index is 696. The molecule has 0 bridgehead atoms. The van der Waals surface area contributed by atoms with E-state index in [1.165, 1.54) is 0 Å². The van der Waals surface area contributed by atoms with E-state index in [4.69, 9.17) is 30.2 Å². The Hall–Kier alpha value is -2.77. The van der Waals surface area contributed by atoms with Crippen LogP contribution in [0.5, 0.6) is 0 Å². The van der Waals surface area contributed by atoms with E-state index in [0.29, 0.717) is 25.3 Å². The summed E-state index contributed by atoms with van der Waals surface area (Å²) in [6.45, 7) is -0.373. The third-order valence-corrected chi connectivity index (χ3v) is 4.16. The lowest BCUT2D eigenvalue weighted by molar-refractivity contribution is -0.140. The molecule has 4 atom stereocenters. The molecule has 1 saturated heterocycles. The van der Waals surface area contributed by atoms with E-state index in [0.717, 1.165) is 0 Å². The molecule has 7 N–H and O–H groups in total. The van der Waals surface area contributed by atoms with Crippen molar-refractivity contribution in [2.75, 3.05) is 13.2 Å². The van der Waals surface area contributed by atoms with Gasteiger partial charge in [-0.25, -0.2) is 9.59 Å². The van der Waals surface area contributed by atoms with Crippen molar-refractivity contribution in [1.29, 1.82) is 0 Å². The molecule has 0 aromatic carbocycles. The van der Waals surface area contributed by atoms with Gasteiger partial charge in [-0.05, 0) is 19.3 Å². The van der Waals surface area contributed by atoms with Crippen LogP contribution >= 0.6 is 0 Å². The molecule has 0 saturated carbocycles. The van der Waals surface area contributed by atoms with E-state index in [2.05, 4.69) is 20.8 Å². The SMILES string of the molecule is N[C@@H]1C[C@@H](c2nnc([C@H](CCC(=O)O)NC(=O)N[C@@H](CO)C(=O)O)o2)CCO1. The second kappa shape index (κ2) is 9.96. The first-order valence-corrected chi connectivity index (χ1v) is 8.63. The van der Waals surface area contributed by atoms with Crippen LogP contribution in [0.15, 0.2) is 4.42 Å². The molecule has 1 fully saturated rings. The number of rotatable bonds is 9. The lowest BCUT2D eigenvalue weighted by atomic mass is 9.99. The zero-order valence-electron chi connectivity index (χ0n) is 14.9. The van der Waals surface area contributed by atoms with E-state index in [1.807, 2.05) is 0 Å². The minimum Gasteiger partial charge on any atom is -0.481 e. The number of amides is 2. The number of hydrogen-bond acceptors (Lipinski definition) is 9. The summed E-state index contributed by atoms with van der Waals surface area (Å²) in [5, 5.41) is 39.1. The zero-order chi connectivity index (χ0) is 20.7. The van der Waals surface area contributed by atoms with E-state index in [-0.39, 0.29) is 24.7 Å². The molecule has 2 heterocycles. The number of carboxylic acids is 2. The van der Waals surface area contributed by atoms with Crippen molar-refractivity contribution in [3.63, 3.8) is 0 Å². The monoisotopic (exact) mass is 401 g/mol. The van der Waals surface area contributed by atoms with Gasteiger partial charge in [0.25, 0.3) is 0 Å². The summed E-state index contributed by atoms with van der Waals surface area (Å²) >= 11 is 0. The normalized spacial score (nSPS) is 21.5. The maximum atomic E-state index is 12.0. The minimum atomic E-state index is -1.51. The number of aliphatic hydroxyl groups excluding tert-OH is 1. The standard InChI is InChI=1S/C15H23N5O8/c16-10-5-7(3-4-27-10)12-19-20-13(28-12)8(1-2-11(22)23)17-15(26)18-9(6-21)14(24)25/h7-10,21H,1-6,16H2,(H,22,23)(H,24,25)(H2,17,18,26)/t7-,8-,9-,10-/m0/s1. The molecule has 1 aliphatic rings. The maximum Gasteiger partial charge on any atom is 0.328 e. The topological polar surface area (TPSA) is 210 Å². The van der Waals surface area contributed by atoms with Crippen molar-refractivity contribution < 1.29 is 38.9 Å². The van der Waals surface area contributed by atoms with Gasteiger partial charge in [-0.3, -0.25) is 4.79 Å². The molecule has 2 rings (SSSR count). The predicted octanol–water partition coefficient (Wildman–Crippen LogP) is -1.10. The lowest BCUT2D eigenvalue weighted by Crippen LogP contribution is -2.48. The highest BCUT2D eigenvalue weighted by Crippen LogP contribution is 2.29. The second-order valence-corrected chi connectivity index (χ2v) is 6.29. The van der Waals surface area contributed by atoms with E-state index in [1.54, 1.807) is 0 Å². The fraction of sp³-hybridized carbons (Fsp3) is 0.667. The van der Waals surface area contributed by atoms with Crippen LogP contribution in [0.3, 0.4) is 0 Å². The third-order valence-electron chi connectivity index (χ3n) is 4.16. The number of nitrogens with zero attached hydrogens (tertiary/aromatic N) is 2. The number of aliphatic hydroxyl groups is 1. The maximum absolute atomic E-state index is 12.0. The predicted molar refractivity (Wildman–Crippen MR) is 90.0 cm³/mol. The smallest absolute Gasteiger partial charge is 0.328 e. The molecular weight excluding hydrogens is 378 g/mol. The van der Waals surface area contributed by atoms with Crippen LogP contribution in [-0.2, 0) is 14.3 Å². The van der Waals surface area contributed by atoms with Crippen molar-refractivity contribution in [2.45, 2.75) is 49.9 Å². The molecule has 1 aromatic rings. The first-order chi connectivity index (χ1) is 13.3. The Labute approximate surface area is 159 Å². The lowest BCUT2D eigenvalue weighted by Gasteiger charge is -2.24. The van der Waals surface area contributed by atoms with Crippen LogP contribution in [-0.4, -0.2) is 69.0 Å². The summed E-state index contributed by atoms with van der Waals surface area (Å²) in [5.41, 5.74) is 5.75. The largest absolute Gasteiger partial charge is 0.481 e. The Kier molecular flexibility index (Phi) is 7.66. The number of carbonyl (C=O) groups is 3. The number of aliphatic carboxylic acids is 2. The molecular formula is C15H23N5O8. The molecule has 1 aromatic heterocycles. The van der Waals surface area contributed by atoms with Crippen LogP contribution in [0, 0.1) is 0 Å². The number of nitrogens with two attached hydrogens (primary N) is 1. The van der Waals surface area contributed by atoms with Gasteiger partial charge in [-0.15, -0.1) is 10.2 Å². The summed E-state index contributed by atoms with van der Waals surface area (Å²) in [5.74, 6) is -2.35. The summed E-state index contributed by atoms with van der Waals surface area (Å²) in [6, 6.07) is -3.40. The summed E-state index contributed by atoms with van der Waals surface area (Å²) in [7, 11) is 0. The molecule has 0 unspecified atom stereocenters. The quantitative estimate of drug-likeness (QED) is 0.292. The van der Waals surface area contributed by atoms with Crippen LogP contribution in [0.1, 0.15) is 49.4 Å². The Morgan fingerprint density at radius 1 is 1.25 bits per heavy atom. The average Bonchev–Trinajstić information content (AvgIpc) is 3.12. The van der Waals surface area contributed by atoms with Gasteiger partial charge >= 0.3 is 18.0 Å². The highest BCUT2D eigenvalue weighted by molar-refractivity contribution is 5.82. The van der Waals surface area contributed by atoms with Crippen molar-refractivity contribution in [3.05, 3.63) is 11.8 Å². The highest BCUT2D eigenvalue weighted by atomic mass is 16.5. The van der Waals surface area contributed by atoms with Crippen LogP contribution in [0.2, 0.25) is 0 Å². The van der Waals surface area contributed by atoms with Crippen LogP contribution < -0.4 is 16.4 Å². The number of aromatic nitrogens is 2. The van der Waals surface area contributed by atoms with Gasteiger partial charge in [0.2, 0.25) is 11.8 Å². The number of urea groups is 1. The molecule has 156 valence electrons. The molecule has 1 aliphatic heterocycles. The van der Waals surface area contributed by atoms with Gasteiger partial charge < -0.3 is 40.8 Å². The Balaban J connectivity index is 2.08. The Morgan fingerprint density at radius 3 is 2.61 bits per heavy atom. The van der Waals surface area contributed by atoms with Crippen LogP contribution in [0.25, 0.3) is 0 Å². The molecule has 13 nitrogen and oxygen atoms in total. The summed E-state index contributed by atoms with van der Waals surface area (Å²) in [6.07, 6.45) is 0.292. The first kappa shape index (κ1) is 21.5. The van der Waals surface area contributed by atoms with Gasteiger partial charge in [-0.1, -0.05) is 0 Å². The molecule has 13 heteroatoms. The highest BCUT2D eigenvalue weighted by Gasteiger charge is 2.29. The molecule has 28 heavy (non-hydrogen) atoms. The average molecular weight is 401 g/mol. The summed E-state index contributed by atoms with van der Waals surface area (Å²) in [4.78, 5) is 33.8. The molecule has 0 aliphatic carbocycles. The second-order valence-electron chi connectivity index (χ2n) is 6.29. The van der Waals surface area contributed by atoms with E-state index < -0.39 is 42.9 Å². The minimum absolute atomic E-state index is 0.0117. The molecule has 0 radical (unpaired) electrons. The molecule has 0 spiro atoms. The van der Waals surface area contributed by atoms with Crippen LogP contribution in [0.4, 0.5) is 4.79 Å². The van der Waals surface area contributed by atoms with E-state index in [9.17, 15) is 14.4 Å². The number of carboxylic acid groups (broad SMARTS) is 2. The van der Waals surface area contributed by atoms with Gasteiger partial charge in [-0.2, -0.15) is 0 Å². The van der Waals surface area contributed by atoms with Gasteiger partial charge in [0.1, 0.15) is 12.3 Å². The van der Waals surface area contributed by atoms with Gasteiger partial charge in [0.15, 0.2) is 6.04 Å². The molecule has 2 amide bonds. The zero-order valence-corrected chi connectivity index (χ0v) is 14.9. The third kappa shape index (κ3) is 6.14. The summed E-state index contributed by atoms with van der Waals surface area (Å²) < 4.78 is 10.9. The van der Waals surface area contributed by atoms with Crippen molar-refractivity contribution in [3.8, 4) is 0 Å².